The van der Waals surface area contributed by atoms with E-state index in [4.69, 9.17) is 0 Å². The Bertz CT molecular complexity index is 676. The van der Waals surface area contributed by atoms with Crippen molar-refractivity contribution in [3.63, 3.8) is 0 Å². The van der Waals surface area contributed by atoms with Crippen molar-refractivity contribution in [1.29, 1.82) is 0 Å². The first kappa shape index (κ1) is 16.3. The number of aryl methyl sites for hydroxylation is 1. The molecule has 9 nitrogen and oxygen atoms in total. The van der Waals surface area contributed by atoms with Gasteiger partial charge in [-0.2, -0.15) is 0 Å². The number of thioether (sulfide) groups is 2. The molecule has 0 radical (unpaired) electrons. The van der Waals surface area contributed by atoms with E-state index in [0.29, 0.717) is 16.5 Å². The molecule has 2 aliphatic rings. The molecule has 0 saturated carbocycles. The van der Waals surface area contributed by atoms with Crippen LogP contribution in [0.15, 0.2) is 15.8 Å². The number of β-lactam (4-membered cyclic amide) rings is 1. The van der Waals surface area contributed by atoms with Gasteiger partial charge in [-0.1, -0.05) is 11.8 Å². The summed E-state index contributed by atoms with van der Waals surface area (Å²) in [6.45, 7) is -0.248. The lowest BCUT2D eigenvalue weighted by Crippen LogP contribution is -2.58. The minimum atomic E-state index is -1.09. The summed E-state index contributed by atoms with van der Waals surface area (Å²) in [7, 11) is 1.76. The van der Waals surface area contributed by atoms with Crippen LogP contribution in [0.3, 0.4) is 0 Å². The fraction of sp³-hybridized carbons (Fsp3) is 0.583. The highest BCUT2D eigenvalue weighted by Gasteiger charge is 2.55. The van der Waals surface area contributed by atoms with Crippen LogP contribution in [0.1, 0.15) is 12.8 Å². The number of carboxylic acids is 1. The van der Waals surface area contributed by atoms with Crippen LogP contribution in [0.2, 0.25) is 0 Å². The quantitative estimate of drug-likeness (QED) is 0.391. The lowest BCUT2D eigenvalue weighted by atomic mass is 9.98. The molecule has 0 aromatic carbocycles. The van der Waals surface area contributed by atoms with Gasteiger partial charge >= 0.3 is 5.97 Å². The number of aliphatic carboxylic acids is 1. The number of carboxylic acid groups (broad SMARTS) is 1. The van der Waals surface area contributed by atoms with E-state index in [2.05, 4.69) is 15.5 Å². The third kappa shape index (κ3) is 2.83. The molecule has 0 bridgehead atoms. The standard InChI is InChI=1S/C12H15N5O4S2/c1-16-12(13-14-15-16)22-4-2-3-7-8(11(20)21)17-9(19)6(5-18)10(17)23-7/h6,10,18H,2-5H2,1H3,(H,20,21)/t6-,10+/m0/s1. The van der Waals surface area contributed by atoms with E-state index >= 15 is 0 Å². The molecule has 124 valence electrons. The van der Waals surface area contributed by atoms with Crippen molar-refractivity contribution in [2.75, 3.05) is 12.4 Å². The number of hydrogen-bond acceptors (Lipinski definition) is 8. The van der Waals surface area contributed by atoms with E-state index < -0.39 is 11.9 Å². The Balaban J connectivity index is 1.60. The first-order chi connectivity index (χ1) is 11.0. The molecule has 1 aromatic heterocycles. The number of carbonyl (C=O) groups is 2. The number of aliphatic hydroxyl groups excluding tert-OH is 1. The van der Waals surface area contributed by atoms with Crippen molar-refractivity contribution in [2.45, 2.75) is 23.4 Å². The molecule has 11 heteroatoms. The summed E-state index contributed by atoms with van der Waals surface area (Å²) in [4.78, 5) is 25.3. The number of carbonyl (C=O) groups excluding carboxylic acids is 1. The first-order valence-electron chi connectivity index (χ1n) is 6.96. The highest BCUT2D eigenvalue weighted by atomic mass is 32.2. The van der Waals surface area contributed by atoms with Crippen molar-refractivity contribution < 1.29 is 19.8 Å². The summed E-state index contributed by atoms with van der Waals surface area (Å²) in [6, 6.07) is 0. The van der Waals surface area contributed by atoms with Crippen LogP contribution in [-0.4, -0.2) is 64.9 Å². The van der Waals surface area contributed by atoms with Crippen LogP contribution < -0.4 is 0 Å². The Morgan fingerprint density at radius 2 is 2.26 bits per heavy atom. The van der Waals surface area contributed by atoms with E-state index in [1.54, 1.807) is 11.7 Å². The fourth-order valence-corrected chi connectivity index (χ4v) is 4.86. The highest BCUT2D eigenvalue weighted by Crippen LogP contribution is 2.50. The Labute approximate surface area is 140 Å². The summed E-state index contributed by atoms with van der Waals surface area (Å²) in [5.74, 6) is -1.15. The number of allylic oxidation sites excluding steroid dienone is 1. The molecule has 1 amide bonds. The Hall–Kier alpha value is -1.59. The van der Waals surface area contributed by atoms with E-state index in [9.17, 15) is 19.8 Å². The molecular weight excluding hydrogens is 342 g/mol. The molecule has 1 saturated heterocycles. The van der Waals surface area contributed by atoms with Gasteiger partial charge in [0.1, 0.15) is 11.1 Å². The molecule has 1 aromatic rings. The van der Waals surface area contributed by atoms with Crippen molar-refractivity contribution in [3.05, 3.63) is 10.6 Å². The smallest absolute Gasteiger partial charge is 0.353 e. The lowest BCUT2D eigenvalue weighted by molar-refractivity contribution is -0.153. The number of rotatable bonds is 7. The van der Waals surface area contributed by atoms with Gasteiger partial charge in [0.2, 0.25) is 11.1 Å². The predicted octanol–water partition coefficient (Wildman–Crippen LogP) is -0.0978. The normalized spacial score (nSPS) is 23.2. The first-order valence-corrected chi connectivity index (χ1v) is 8.83. The van der Waals surface area contributed by atoms with Crippen molar-refractivity contribution in [2.24, 2.45) is 13.0 Å². The van der Waals surface area contributed by atoms with Crippen molar-refractivity contribution in [3.8, 4) is 0 Å². The van der Waals surface area contributed by atoms with E-state index in [-0.39, 0.29) is 23.6 Å². The summed E-state index contributed by atoms with van der Waals surface area (Å²) >= 11 is 2.87. The van der Waals surface area contributed by atoms with Gasteiger partial charge in [-0.3, -0.25) is 9.69 Å². The molecular formula is C12H15N5O4S2. The second-order valence-electron chi connectivity index (χ2n) is 5.12. The van der Waals surface area contributed by atoms with Crippen LogP contribution in [0.4, 0.5) is 0 Å². The monoisotopic (exact) mass is 357 g/mol. The zero-order valence-electron chi connectivity index (χ0n) is 12.2. The number of tetrazole rings is 1. The fourth-order valence-electron chi connectivity index (χ4n) is 2.54. The third-order valence-electron chi connectivity index (χ3n) is 3.68. The maximum atomic E-state index is 11.9. The van der Waals surface area contributed by atoms with Gasteiger partial charge in [0.25, 0.3) is 0 Å². The van der Waals surface area contributed by atoms with E-state index in [1.165, 1.54) is 28.4 Å². The predicted molar refractivity (Wildman–Crippen MR) is 82.2 cm³/mol. The average Bonchev–Trinajstić information content (AvgIpc) is 3.06. The Kier molecular flexibility index (Phi) is 4.60. The van der Waals surface area contributed by atoms with Gasteiger partial charge in [0.05, 0.1) is 12.5 Å². The van der Waals surface area contributed by atoms with Gasteiger partial charge in [-0.25, -0.2) is 9.48 Å². The number of amides is 1. The maximum absolute atomic E-state index is 11.9. The molecule has 3 heterocycles. The van der Waals surface area contributed by atoms with Gasteiger partial charge in [-0.15, -0.1) is 16.9 Å². The minimum Gasteiger partial charge on any atom is -0.477 e. The molecule has 1 fully saturated rings. The molecule has 2 N–H and O–H groups in total. The highest BCUT2D eigenvalue weighted by molar-refractivity contribution is 8.04. The van der Waals surface area contributed by atoms with Crippen LogP contribution in [0.5, 0.6) is 0 Å². The SMILES string of the molecule is Cn1nnnc1SCCCC1=C(C(=O)O)N2C(=O)[C@H](CO)[C@H]2S1. The van der Waals surface area contributed by atoms with Crippen LogP contribution >= 0.6 is 23.5 Å². The number of fused-ring (bicyclic) bond motifs is 1. The Morgan fingerprint density at radius 1 is 1.48 bits per heavy atom. The average molecular weight is 357 g/mol. The summed E-state index contributed by atoms with van der Waals surface area (Å²) in [5, 5.41) is 30.2. The molecule has 0 aliphatic carbocycles. The second-order valence-corrected chi connectivity index (χ2v) is 7.39. The number of hydrogen-bond donors (Lipinski definition) is 2. The van der Waals surface area contributed by atoms with Crippen LogP contribution in [0.25, 0.3) is 0 Å². The molecule has 2 aliphatic heterocycles. The zero-order valence-corrected chi connectivity index (χ0v) is 13.9. The van der Waals surface area contributed by atoms with Crippen LogP contribution in [-0.2, 0) is 16.6 Å². The van der Waals surface area contributed by atoms with E-state index in [1.807, 2.05) is 0 Å². The van der Waals surface area contributed by atoms with Crippen LogP contribution in [0, 0.1) is 5.92 Å². The van der Waals surface area contributed by atoms with Gasteiger partial charge in [0, 0.05) is 17.7 Å². The van der Waals surface area contributed by atoms with Crippen molar-refractivity contribution in [1.82, 2.24) is 25.1 Å². The number of aromatic nitrogens is 4. The molecule has 23 heavy (non-hydrogen) atoms. The lowest BCUT2D eigenvalue weighted by Gasteiger charge is -2.41. The summed E-state index contributed by atoms with van der Waals surface area (Å²) in [6.07, 6.45) is 1.32. The molecule has 3 rings (SSSR count). The molecule has 2 atom stereocenters. The van der Waals surface area contributed by atoms with E-state index in [0.717, 1.165) is 12.2 Å². The zero-order chi connectivity index (χ0) is 16.6. The molecule has 0 unspecified atom stereocenters. The van der Waals surface area contributed by atoms with Crippen molar-refractivity contribution >= 4 is 35.4 Å². The molecule has 0 spiro atoms. The van der Waals surface area contributed by atoms with Gasteiger partial charge in [-0.05, 0) is 23.3 Å². The van der Waals surface area contributed by atoms with Gasteiger partial charge in [0.15, 0.2) is 0 Å². The number of nitrogens with zero attached hydrogens (tertiary/aromatic N) is 5. The summed E-state index contributed by atoms with van der Waals surface area (Å²) in [5.41, 5.74) is 0.0695. The Morgan fingerprint density at radius 3 is 2.87 bits per heavy atom. The number of aliphatic hydroxyl groups is 1. The third-order valence-corrected chi connectivity index (χ3v) is 6.24. The maximum Gasteiger partial charge on any atom is 0.353 e. The second kappa shape index (κ2) is 6.49. The largest absolute Gasteiger partial charge is 0.477 e. The van der Waals surface area contributed by atoms with Gasteiger partial charge < -0.3 is 10.2 Å². The summed E-state index contributed by atoms with van der Waals surface area (Å²) < 4.78 is 1.58. The minimum absolute atomic E-state index is 0.0695. The topological polar surface area (TPSA) is 121 Å².